The number of anilines is 1. The van der Waals surface area contributed by atoms with E-state index < -0.39 is 5.82 Å². The Bertz CT molecular complexity index is 487. The second-order valence-corrected chi connectivity index (χ2v) is 4.60. The Labute approximate surface area is 102 Å². The van der Waals surface area contributed by atoms with Crippen LogP contribution in [0.4, 0.5) is 10.1 Å². The van der Waals surface area contributed by atoms with Gasteiger partial charge in [0, 0.05) is 10.6 Å². The molecule has 0 fully saturated rings. The highest BCUT2D eigenvalue weighted by Gasteiger charge is 2.07. The lowest BCUT2D eigenvalue weighted by atomic mass is 10.3. The largest absolute Gasteiger partial charge is 0.468 e. The lowest BCUT2D eigenvalue weighted by molar-refractivity contribution is 0.530. The van der Waals surface area contributed by atoms with Crippen molar-refractivity contribution in [2.45, 2.75) is 10.6 Å². The Hall–Kier alpha value is -1.13. The van der Waals surface area contributed by atoms with Crippen LogP contribution in [0.25, 0.3) is 0 Å². The van der Waals surface area contributed by atoms with Crippen LogP contribution in [0.2, 0.25) is 5.02 Å². The summed E-state index contributed by atoms with van der Waals surface area (Å²) in [6.45, 7) is 0. The molecule has 0 atom stereocenters. The van der Waals surface area contributed by atoms with Gasteiger partial charge < -0.3 is 10.2 Å². The van der Waals surface area contributed by atoms with E-state index in [4.69, 9.17) is 21.8 Å². The van der Waals surface area contributed by atoms with Gasteiger partial charge in [-0.25, -0.2) is 4.39 Å². The normalized spacial score (nSPS) is 10.6. The number of thioether (sulfide) groups is 1. The zero-order valence-corrected chi connectivity index (χ0v) is 9.82. The monoisotopic (exact) mass is 257 g/mol. The van der Waals surface area contributed by atoms with E-state index in [0.29, 0.717) is 11.4 Å². The van der Waals surface area contributed by atoms with Crippen LogP contribution in [0.3, 0.4) is 0 Å². The molecular formula is C11H9ClFNOS. The van der Waals surface area contributed by atoms with Crippen molar-refractivity contribution in [3.63, 3.8) is 0 Å². The number of benzene rings is 1. The van der Waals surface area contributed by atoms with Gasteiger partial charge >= 0.3 is 0 Å². The summed E-state index contributed by atoms with van der Waals surface area (Å²) in [4.78, 5) is 0.753. The lowest BCUT2D eigenvalue weighted by Crippen LogP contribution is -1.91. The Morgan fingerprint density at radius 3 is 2.94 bits per heavy atom. The number of rotatable bonds is 3. The highest BCUT2D eigenvalue weighted by molar-refractivity contribution is 7.98. The molecule has 2 N–H and O–H groups in total. The van der Waals surface area contributed by atoms with Crippen LogP contribution >= 0.6 is 23.4 Å². The summed E-state index contributed by atoms with van der Waals surface area (Å²) in [5.74, 6) is 0.977. The minimum absolute atomic E-state index is 0.0798. The maximum Gasteiger partial charge on any atom is 0.143 e. The van der Waals surface area contributed by atoms with Crippen molar-refractivity contribution in [3.8, 4) is 0 Å². The Kier molecular flexibility index (Phi) is 3.41. The predicted octanol–water partition coefficient (Wildman–Crippen LogP) is 3.95. The second kappa shape index (κ2) is 4.80. The number of hydrogen-bond acceptors (Lipinski definition) is 3. The minimum Gasteiger partial charge on any atom is -0.468 e. The first kappa shape index (κ1) is 11.4. The molecular weight excluding hydrogens is 249 g/mol. The standard InChI is InChI=1S/C11H9ClFNOS/c12-8-4-11(10(14)5-9(8)13)16-6-7-2-1-3-15-7/h1-5H,6,14H2. The molecule has 0 aliphatic carbocycles. The van der Waals surface area contributed by atoms with Crippen molar-refractivity contribution in [2.24, 2.45) is 0 Å². The Morgan fingerprint density at radius 1 is 1.44 bits per heavy atom. The number of halogens is 2. The number of nitrogen functional groups attached to an aromatic ring is 1. The molecule has 0 unspecified atom stereocenters. The van der Waals surface area contributed by atoms with Crippen molar-refractivity contribution in [1.29, 1.82) is 0 Å². The van der Waals surface area contributed by atoms with Crippen molar-refractivity contribution in [1.82, 2.24) is 0 Å². The van der Waals surface area contributed by atoms with E-state index in [-0.39, 0.29) is 5.02 Å². The Balaban J connectivity index is 2.12. The van der Waals surface area contributed by atoms with E-state index in [2.05, 4.69) is 0 Å². The van der Waals surface area contributed by atoms with Gasteiger partial charge in [0.15, 0.2) is 0 Å². The van der Waals surface area contributed by atoms with Crippen molar-refractivity contribution in [3.05, 3.63) is 47.1 Å². The summed E-state index contributed by atoms with van der Waals surface area (Å²) in [6.07, 6.45) is 1.61. The molecule has 0 radical (unpaired) electrons. The van der Waals surface area contributed by atoms with E-state index in [0.717, 1.165) is 10.7 Å². The number of nitrogens with two attached hydrogens (primary N) is 1. The van der Waals surface area contributed by atoms with Gasteiger partial charge in [-0.05, 0) is 24.3 Å². The van der Waals surface area contributed by atoms with Crippen molar-refractivity contribution in [2.75, 3.05) is 5.73 Å². The SMILES string of the molecule is Nc1cc(F)c(Cl)cc1SCc1ccco1. The molecule has 0 aliphatic rings. The molecule has 84 valence electrons. The van der Waals surface area contributed by atoms with Gasteiger partial charge in [0.2, 0.25) is 0 Å². The topological polar surface area (TPSA) is 39.2 Å². The van der Waals surface area contributed by atoms with Crippen LogP contribution in [-0.4, -0.2) is 0 Å². The van der Waals surface area contributed by atoms with Crippen LogP contribution in [0.1, 0.15) is 5.76 Å². The average molecular weight is 258 g/mol. The molecule has 0 aliphatic heterocycles. The minimum atomic E-state index is -0.499. The fourth-order valence-electron chi connectivity index (χ4n) is 1.21. The van der Waals surface area contributed by atoms with Crippen LogP contribution in [0.5, 0.6) is 0 Å². The molecule has 0 saturated carbocycles. The van der Waals surface area contributed by atoms with Gasteiger partial charge in [-0.15, -0.1) is 11.8 Å². The van der Waals surface area contributed by atoms with Gasteiger partial charge in [-0.2, -0.15) is 0 Å². The lowest BCUT2D eigenvalue weighted by Gasteiger charge is -2.05. The van der Waals surface area contributed by atoms with E-state index in [1.165, 1.54) is 23.9 Å². The van der Waals surface area contributed by atoms with Crippen LogP contribution in [0, 0.1) is 5.82 Å². The third kappa shape index (κ3) is 2.51. The molecule has 1 aromatic carbocycles. The molecule has 16 heavy (non-hydrogen) atoms. The zero-order chi connectivity index (χ0) is 11.5. The summed E-state index contributed by atoms with van der Waals surface area (Å²) < 4.78 is 18.2. The summed E-state index contributed by atoms with van der Waals surface area (Å²) in [7, 11) is 0. The molecule has 2 nitrogen and oxygen atoms in total. The van der Waals surface area contributed by atoms with Gasteiger partial charge in [0.25, 0.3) is 0 Å². The van der Waals surface area contributed by atoms with Gasteiger partial charge in [-0.1, -0.05) is 11.6 Å². The summed E-state index contributed by atoms with van der Waals surface area (Å²) in [5.41, 5.74) is 6.07. The number of furan rings is 1. The maximum absolute atomic E-state index is 13.0. The quantitative estimate of drug-likeness (QED) is 0.669. The maximum atomic E-state index is 13.0. The second-order valence-electron chi connectivity index (χ2n) is 3.17. The highest BCUT2D eigenvalue weighted by atomic mass is 35.5. The first-order chi connectivity index (χ1) is 7.66. The van der Waals surface area contributed by atoms with Crippen molar-refractivity contribution >= 4 is 29.1 Å². The molecule has 0 spiro atoms. The number of hydrogen-bond donors (Lipinski definition) is 1. The van der Waals surface area contributed by atoms with E-state index in [1.807, 2.05) is 12.1 Å². The molecule has 0 bridgehead atoms. The molecule has 2 rings (SSSR count). The first-order valence-corrected chi connectivity index (χ1v) is 5.93. The first-order valence-electron chi connectivity index (χ1n) is 4.56. The molecule has 5 heteroatoms. The third-order valence-corrected chi connectivity index (χ3v) is 3.39. The van der Waals surface area contributed by atoms with E-state index in [1.54, 1.807) is 6.26 Å². The molecule has 1 heterocycles. The van der Waals surface area contributed by atoms with E-state index >= 15 is 0 Å². The summed E-state index contributed by atoms with van der Waals surface area (Å²) in [6, 6.07) is 6.44. The predicted molar refractivity (Wildman–Crippen MR) is 64.1 cm³/mol. The highest BCUT2D eigenvalue weighted by Crippen LogP contribution is 2.32. The molecule has 1 aromatic heterocycles. The zero-order valence-electron chi connectivity index (χ0n) is 8.24. The average Bonchev–Trinajstić information content (AvgIpc) is 2.74. The molecule has 0 saturated heterocycles. The third-order valence-electron chi connectivity index (χ3n) is 2.00. The fourth-order valence-corrected chi connectivity index (χ4v) is 2.33. The van der Waals surface area contributed by atoms with Crippen molar-refractivity contribution < 1.29 is 8.81 Å². The molecule has 0 amide bonds. The van der Waals surface area contributed by atoms with Gasteiger partial charge in [0.1, 0.15) is 11.6 Å². The summed E-state index contributed by atoms with van der Waals surface area (Å²) in [5, 5.41) is 0.0798. The van der Waals surface area contributed by atoms with E-state index in [9.17, 15) is 4.39 Å². The molecule has 2 aromatic rings. The Morgan fingerprint density at radius 2 is 2.25 bits per heavy atom. The van der Waals surface area contributed by atoms with Gasteiger partial charge in [-0.3, -0.25) is 0 Å². The van der Waals surface area contributed by atoms with Crippen LogP contribution in [-0.2, 0) is 5.75 Å². The fraction of sp³-hybridized carbons (Fsp3) is 0.0909. The van der Waals surface area contributed by atoms with Gasteiger partial charge in [0.05, 0.1) is 17.0 Å². The smallest absolute Gasteiger partial charge is 0.143 e. The summed E-state index contributed by atoms with van der Waals surface area (Å²) >= 11 is 7.14. The van der Waals surface area contributed by atoms with Crippen LogP contribution < -0.4 is 5.73 Å². The van der Waals surface area contributed by atoms with Crippen LogP contribution in [0.15, 0.2) is 39.8 Å².